The number of thiazole rings is 1. The highest BCUT2D eigenvalue weighted by Crippen LogP contribution is 2.33. The van der Waals surface area contributed by atoms with Crippen molar-refractivity contribution in [2.75, 3.05) is 18.0 Å². The Hall–Kier alpha value is -0.610. The fraction of sp³-hybridized carbons (Fsp3) is 0.800. The van der Waals surface area contributed by atoms with Crippen molar-refractivity contribution in [1.82, 2.24) is 10.3 Å². The summed E-state index contributed by atoms with van der Waals surface area (Å²) in [7, 11) is 0. The quantitative estimate of drug-likeness (QED) is 0.860. The second-order valence-electron chi connectivity index (χ2n) is 5.84. The minimum atomic E-state index is 0.530. The van der Waals surface area contributed by atoms with Gasteiger partial charge < -0.3 is 10.2 Å². The van der Waals surface area contributed by atoms with Gasteiger partial charge in [-0.25, -0.2) is 4.98 Å². The van der Waals surface area contributed by atoms with Gasteiger partial charge in [-0.2, -0.15) is 0 Å². The summed E-state index contributed by atoms with van der Waals surface area (Å²) in [4.78, 5) is 8.83. The van der Waals surface area contributed by atoms with Gasteiger partial charge in [-0.1, -0.05) is 27.7 Å². The van der Waals surface area contributed by atoms with Crippen LogP contribution < -0.4 is 10.2 Å². The Kier molecular flexibility index (Phi) is 5.22. The minimum Gasteiger partial charge on any atom is -0.348 e. The van der Waals surface area contributed by atoms with Crippen LogP contribution in [0.5, 0.6) is 0 Å². The average molecular weight is 281 g/mol. The number of anilines is 1. The van der Waals surface area contributed by atoms with Crippen LogP contribution >= 0.6 is 11.3 Å². The summed E-state index contributed by atoms with van der Waals surface area (Å²) in [6, 6.07) is 0.530. The molecular formula is C15H27N3S. The Morgan fingerprint density at radius 1 is 1.26 bits per heavy atom. The van der Waals surface area contributed by atoms with E-state index in [2.05, 4.69) is 37.9 Å². The third-order valence-corrected chi connectivity index (χ3v) is 4.97. The van der Waals surface area contributed by atoms with E-state index in [1.165, 1.54) is 41.6 Å². The lowest BCUT2D eigenvalue weighted by Gasteiger charge is -2.12. The van der Waals surface area contributed by atoms with Gasteiger partial charge in [0.25, 0.3) is 0 Å². The van der Waals surface area contributed by atoms with Crippen LogP contribution in [0, 0.1) is 0 Å². The molecule has 0 saturated carbocycles. The Labute approximate surface area is 121 Å². The van der Waals surface area contributed by atoms with E-state index in [1.807, 2.05) is 11.3 Å². The van der Waals surface area contributed by atoms with E-state index in [1.54, 1.807) is 0 Å². The van der Waals surface area contributed by atoms with Gasteiger partial charge in [-0.3, -0.25) is 0 Å². The fourth-order valence-electron chi connectivity index (χ4n) is 2.40. The van der Waals surface area contributed by atoms with Crippen molar-refractivity contribution < 1.29 is 0 Å². The predicted molar refractivity (Wildman–Crippen MR) is 84.2 cm³/mol. The van der Waals surface area contributed by atoms with E-state index in [0.29, 0.717) is 12.0 Å². The normalized spacial score (nSPS) is 17.4. The molecule has 0 spiro atoms. The van der Waals surface area contributed by atoms with Gasteiger partial charge in [-0.05, 0) is 25.2 Å². The first-order chi connectivity index (χ1) is 9.11. The molecule has 1 aliphatic rings. The molecule has 1 aromatic heterocycles. The van der Waals surface area contributed by atoms with Gasteiger partial charge in [0.05, 0.1) is 5.69 Å². The number of nitrogens with zero attached hydrogens (tertiary/aromatic N) is 2. The summed E-state index contributed by atoms with van der Waals surface area (Å²) < 4.78 is 0. The molecule has 1 N–H and O–H groups in total. The molecule has 1 saturated heterocycles. The van der Waals surface area contributed by atoms with Gasteiger partial charge >= 0.3 is 0 Å². The van der Waals surface area contributed by atoms with Crippen molar-refractivity contribution >= 4 is 16.5 Å². The van der Waals surface area contributed by atoms with E-state index in [-0.39, 0.29) is 0 Å². The third-order valence-electron chi connectivity index (χ3n) is 3.84. The molecule has 108 valence electrons. The molecule has 0 amide bonds. The van der Waals surface area contributed by atoms with E-state index >= 15 is 0 Å². The van der Waals surface area contributed by atoms with Gasteiger partial charge in [0, 0.05) is 30.6 Å². The molecule has 0 radical (unpaired) electrons. The Morgan fingerprint density at radius 2 is 1.95 bits per heavy atom. The molecule has 19 heavy (non-hydrogen) atoms. The maximum absolute atomic E-state index is 4.95. The summed E-state index contributed by atoms with van der Waals surface area (Å²) in [5, 5.41) is 4.78. The molecule has 1 fully saturated rings. The lowest BCUT2D eigenvalue weighted by atomic mass is 10.0. The summed E-state index contributed by atoms with van der Waals surface area (Å²) in [5.41, 5.74) is 1.32. The first-order valence-electron chi connectivity index (χ1n) is 7.59. The number of rotatable bonds is 6. The molecule has 1 aromatic rings. The summed E-state index contributed by atoms with van der Waals surface area (Å²) in [5.74, 6) is 0.566. The molecule has 2 heterocycles. The number of hydrogen-bond donors (Lipinski definition) is 1. The Balaban J connectivity index is 2.17. The van der Waals surface area contributed by atoms with Crippen LogP contribution in [-0.2, 0) is 6.54 Å². The average Bonchev–Trinajstić information content (AvgIpc) is 3.03. The molecule has 4 heteroatoms. The maximum Gasteiger partial charge on any atom is 0.185 e. The van der Waals surface area contributed by atoms with Crippen molar-refractivity contribution in [3.8, 4) is 0 Å². The highest BCUT2D eigenvalue weighted by atomic mass is 32.1. The number of nitrogens with one attached hydrogen (secondary N) is 1. The minimum absolute atomic E-state index is 0.530. The largest absolute Gasteiger partial charge is 0.348 e. The molecule has 0 aliphatic carbocycles. The summed E-state index contributed by atoms with van der Waals surface area (Å²) in [6.07, 6.45) is 3.80. The van der Waals surface area contributed by atoms with E-state index in [0.717, 1.165) is 13.0 Å². The van der Waals surface area contributed by atoms with Crippen molar-refractivity contribution in [2.45, 2.75) is 65.5 Å². The molecule has 1 atom stereocenters. The second kappa shape index (κ2) is 6.71. The summed E-state index contributed by atoms with van der Waals surface area (Å²) >= 11 is 1.89. The van der Waals surface area contributed by atoms with Crippen molar-refractivity contribution in [3.63, 3.8) is 0 Å². The third kappa shape index (κ3) is 3.69. The zero-order chi connectivity index (χ0) is 13.8. The molecule has 0 aromatic carbocycles. The maximum atomic E-state index is 4.95. The van der Waals surface area contributed by atoms with Crippen LogP contribution in [0.4, 0.5) is 5.13 Å². The lowest BCUT2D eigenvalue weighted by molar-refractivity contribution is 0.584. The smallest absolute Gasteiger partial charge is 0.185 e. The van der Waals surface area contributed by atoms with Crippen LogP contribution in [0.1, 0.15) is 63.4 Å². The Morgan fingerprint density at radius 3 is 2.53 bits per heavy atom. The molecule has 0 bridgehead atoms. The van der Waals surface area contributed by atoms with Crippen LogP contribution in [0.3, 0.4) is 0 Å². The van der Waals surface area contributed by atoms with Gasteiger partial charge in [0.1, 0.15) is 0 Å². The lowest BCUT2D eigenvalue weighted by Crippen LogP contribution is -2.22. The molecule has 3 nitrogen and oxygen atoms in total. The molecule has 1 unspecified atom stereocenters. The van der Waals surface area contributed by atoms with Crippen molar-refractivity contribution in [2.24, 2.45) is 0 Å². The predicted octanol–water partition coefficient (Wildman–Crippen LogP) is 3.75. The highest BCUT2D eigenvalue weighted by Gasteiger charge is 2.21. The van der Waals surface area contributed by atoms with Crippen LogP contribution in [0.2, 0.25) is 0 Å². The zero-order valence-corrected chi connectivity index (χ0v) is 13.5. The molecule has 2 rings (SSSR count). The van der Waals surface area contributed by atoms with Gasteiger partial charge in [-0.15, -0.1) is 11.3 Å². The van der Waals surface area contributed by atoms with Crippen molar-refractivity contribution in [3.05, 3.63) is 10.6 Å². The summed E-state index contributed by atoms with van der Waals surface area (Å²) in [6.45, 7) is 12.3. The number of aromatic nitrogens is 1. The van der Waals surface area contributed by atoms with Crippen molar-refractivity contribution in [1.29, 1.82) is 0 Å². The first-order valence-corrected chi connectivity index (χ1v) is 8.41. The second-order valence-corrected chi connectivity index (χ2v) is 6.91. The van der Waals surface area contributed by atoms with Gasteiger partial charge in [0.2, 0.25) is 0 Å². The van der Waals surface area contributed by atoms with E-state index < -0.39 is 0 Å². The topological polar surface area (TPSA) is 28.2 Å². The van der Waals surface area contributed by atoms with Crippen LogP contribution in [0.15, 0.2) is 0 Å². The zero-order valence-electron chi connectivity index (χ0n) is 12.7. The SMILES string of the molecule is CCC(C)c1nc(N2CCCC2)sc1CNC(C)C. The molecule has 1 aliphatic heterocycles. The molecular weight excluding hydrogens is 254 g/mol. The first kappa shape index (κ1) is 14.8. The standard InChI is InChI=1S/C15H27N3S/c1-5-12(4)14-13(10-16-11(2)3)19-15(17-14)18-8-6-7-9-18/h11-12,16H,5-10H2,1-4H3. The van der Waals surface area contributed by atoms with Gasteiger partial charge in [0.15, 0.2) is 5.13 Å². The number of hydrogen-bond acceptors (Lipinski definition) is 4. The highest BCUT2D eigenvalue weighted by molar-refractivity contribution is 7.15. The van der Waals surface area contributed by atoms with E-state index in [9.17, 15) is 0 Å². The monoisotopic (exact) mass is 281 g/mol. The van der Waals surface area contributed by atoms with E-state index in [4.69, 9.17) is 4.98 Å². The van der Waals surface area contributed by atoms with Crippen LogP contribution in [-0.4, -0.2) is 24.1 Å². The fourth-order valence-corrected chi connectivity index (χ4v) is 3.58. The Bertz CT molecular complexity index is 394. The van der Waals surface area contributed by atoms with Crippen LogP contribution in [0.25, 0.3) is 0 Å².